The second-order valence-corrected chi connectivity index (χ2v) is 2.47. The summed E-state index contributed by atoms with van der Waals surface area (Å²) >= 11 is 0. The minimum absolute atomic E-state index is 0.185. The van der Waals surface area contributed by atoms with Gasteiger partial charge in [-0.2, -0.15) is 13.2 Å². The minimum Gasteiger partial charge on any atom is -0.418 e. The zero-order chi connectivity index (χ0) is 10.8. The van der Waals surface area contributed by atoms with Crippen molar-refractivity contribution in [3.63, 3.8) is 0 Å². The Morgan fingerprint density at radius 3 is 2.64 bits per heavy atom. The predicted octanol–water partition coefficient (Wildman–Crippen LogP) is 1.86. The lowest BCUT2D eigenvalue weighted by Gasteiger charge is -2.07. The Bertz CT molecular complexity index is 349. The monoisotopic (exact) mass is 205 g/mol. The first-order chi connectivity index (χ1) is 6.41. The van der Waals surface area contributed by atoms with Gasteiger partial charge in [0.05, 0.1) is 5.69 Å². The number of aromatic nitrogens is 1. The molecule has 0 unspecified atom stereocenters. The molecule has 1 heterocycles. The van der Waals surface area contributed by atoms with Crippen LogP contribution in [-0.4, -0.2) is 17.1 Å². The Morgan fingerprint density at radius 1 is 1.50 bits per heavy atom. The predicted molar refractivity (Wildman–Crippen MR) is 40.7 cm³/mol. The molecule has 76 valence electrons. The van der Waals surface area contributed by atoms with Crippen LogP contribution >= 0.6 is 0 Å². The molecule has 0 aliphatic rings. The molecule has 1 rings (SSSR count). The maximum Gasteiger partial charge on any atom is 0.491 e. The first-order valence-electron chi connectivity index (χ1n) is 3.62. The van der Waals surface area contributed by atoms with Crippen LogP contribution in [0.3, 0.4) is 0 Å². The average Bonchev–Trinajstić information content (AvgIpc) is 2.07. The van der Waals surface area contributed by atoms with Crippen molar-refractivity contribution < 1.29 is 22.7 Å². The van der Waals surface area contributed by atoms with Crippen LogP contribution < -0.4 is 4.74 Å². The van der Waals surface area contributed by atoms with Crippen LogP contribution in [-0.2, 0) is 4.79 Å². The number of alkyl halides is 3. The summed E-state index contributed by atoms with van der Waals surface area (Å²) < 4.78 is 39.4. The standard InChI is InChI=1S/C8H6F3NO2/c1-5-6(3-2-4-12-5)14-7(13)8(9,10)11/h2-4H,1H3. The third-order valence-electron chi connectivity index (χ3n) is 1.39. The van der Waals surface area contributed by atoms with Crippen LogP contribution in [0.2, 0.25) is 0 Å². The van der Waals surface area contributed by atoms with E-state index < -0.39 is 12.1 Å². The molecule has 3 nitrogen and oxygen atoms in total. The van der Waals surface area contributed by atoms with Gasteiger partial charge in [0.15, 0.2) is 5.75 Å². The van der Waals surface area contributed by atoms with Crippen molar-refractivity contribution in [2.45, 2.75) is 13.1 Å². The molecular formula is C8H6F3NO2. The fourth-order valence-electron chi connectivity index (χ4n) is 0.735. The van der Waals surface area contributed by atoms with Gasteiger partial charge in [-0.05, 0) is 19.1 Å². The average molecular weight is 205 g/mol. The molecule has 14 heavy (non-hydrogen) atoms. The fraction of sp³-hybridized carbons (Fsp3) is 0.250. The van der Waals surface area contributed by atoms with Crippen LogP contribution in [0.4, 0.5) is 13.2 Å². The van der Waals surface area contributed by atoms with E-state index in [4.69, 9.17) is 0 Å². The van der Waals surface area contributed by atoms with E-state index in [2.05, 4.69) is 9.72 Å². The maximum absolute atomic E-state index is 11.8. The molecule has 0 amide bonds. The topological polar surface area (TPSA) is 39.2 Å². The van der Waals surface area contributed by atoms with Crippen LogP contribution in [0, 0.1) is 6.92 Å². The van der Waals surface area contributed by atoms with Gasteiger partial charge in [0, 0.05) is 6.20 Å². The highest BCUT2D eigenvalue weighted by molar-refractivity contribution is 5.78. The van der Waals surface area contributed by atoms with E-state index in [0.29, 0.717) is 0 Å². The lowest BCUT2D eigenvalue weighted by atomic mass is 10.3. The molecule has 0 spiro atoms. The van der Waals surface area contributed by atoms with Crippen LogP contribution in [0.1, 0.15) is 5.69 Å². The Labute approximate surface area is 77.5 Å². The molecule has 1 aromatic heterocycles. The van der Waals surface area contributed by atoms with E-state index >= 15 is 0 Å². The number of carbonyl (C=O) groups excluding carboxylic acids is 1. The van der Waals surface area contributed by atoms with E-state index in [1.54, 1.807) is 0 Å². The Balaban J connectivity index is 2.80. The van der Waals surface area contributed by atoms with Crippen molar-refractivity contribution in [3.05, 3.63) is 24.0 Å². The highest BCUT2D eigenvalue weighted by atomic mass is 19.4. The molecule has 0 saturated carbocycles. The van der Waals surface area contributed by atoms with E-state index in [1.165, 1.54) is 25.3 Å². The molecule has 0 radical (unpaired) electrons. The molecular weight excluding hydrogens is 199 g/mol. The van der Waals surface area contributed by atoms with Crippen molar-refractivity contribution in [3.8, 4) is 5.75 Å². The van der Waals surface area contributed by atoms with Gasteiger partial charge in [0.25, 0.3) is 0 Å². The lowest BCUT2D eigenvalue weighted by molar-refractivity contribution is -0.189. The first-order valence-corrected chi connectivity index (χ1v) is 3.62. The van der Waals surface area contributed by atoms with Gasteiger partial charge in [-0.3, -0.25) is 4.98 Å². The van der Waals surface area contributed by atoms with E-state index in [-0.39, 0.29) is 11.4 Å². The minimum atomic E-state index is -4.98. The molecule has 0 saturated heterocycles. The molecule has 0 N–H and O–H groups in total. The molecule has 0 atom stereocenters. The molecule has 0 aliphatic heterocycles. The smallest absolute Gasteiger partial charge is 0.418 e. The number of hydrogen-bond acceptors (Lipinski definition) is 3. The molecule has 0 fully saturated rings. The van der Waals surface area contributed by atoms with Gasteiger partial charge < -0.3 is 4.74 Å². The molecule has 6 heteroatoms. The highest BCUT2D eigenvalue weighted by Gasteiger charge is 2.41. The lowest BCUT2D eigenvalue weighted by Crippen LogP contribution is -2.28. The number of nitrogens with zero attached hydrogens (tertiary/aromatic N) is 1. The van der Waals surface area contributed by atoms with Crippen LogP contribution in [0.25, 0.3) is 0 Å². The van der Waals surface area contributed by atoms with E-state index in [0.717, 1.165) is 0 Å². The summed E-state index contributed by atoms with van der Waals surface area (Å²) in [4.78, 5) is 14.1. The SMILES string of the molecule is Cc1ncccc1OC(=O)C(F)(F)F. The maximum atomic E-state index is 11.8. The number of esters is 1. The van der Waals surface area contributed by atoms with E-state index in [9.17, 15) is 18.0 Å². The number of aryl methyl sites for hydroxylation is 1. The number of hydrogen-bond donors (Lipinski definition) is 0. The number of rotatable bonds is 1. The van der Waals surface area contributed by atoms with Crippen molar-refractivity contribution in [1.29, 1.82) is 0 Å². The zero-order valence-corrected chi connectivity index (χ0v) is 7.13. The number of ether oxygens (including phenoxy) is 1. The third kappa shape index (κ3) is 2.45. The number of carbonyl (C=O) groups is 1. The summed E-state index contributed by atoms with van der Waals surface area (Å²) in [5, 5.41) is 0. The van der Waals surface area contributed by atoms with Crippen LogP contribution in [0.15, 0.2) is 18.3 Å². The van der Waals surface area contributed by atoms with Gasteiger partial charge in [-0.25, -0.2) is 4.79 Å². The Morgan fingerprint density at radius 2 is 2.14 bits per heavy atom. The van der Waals surface area contributed by atoms with Gasteiger partial charge >= 0.3 is 12.1 Å². The van der Waals surface area contributed by atoms with Gasteiger partial charge in [0.2, 0.25) is 0 Å². The molecule has 0 bridgehead atoms. The summed E-state index contributed by atoms with van der Waals surface area (Å²) in [6.07, 6.45) is -3.59. The summed E-state index contributed by atoms with van der Waals surface area (Å²) in [5.41, 5.74) is 0.227. The first kappa shape index (κ1) is 10.5. The zero-order valence-electron chi connectivity index (χ0n) is 7.13. The second-order valence-electron chi connectivity index (χ2n) is 2.47. The van der Waals surface area contributed by atoms with Crippen molar-refractivity contribution in [1.82, 2.24) is 4.98 Å². The van der Waals surface area contributed by atoms with Crippen molar-refractivity contribution in [2.75, 3.05) is 0 Å². The largest absolute Gasteiger partial charge is 0.491 e. The number of pyridine rings is 1. The van der Waals surface area contributed by atoms with Crippen LogP contribution in [0.5, 0.6) is 5.75 Å². The number of halogens is 3. The Hall–Kier alpha value is -1.59. The molecule has 0 aliphatic carbocycles. The summed E-state index contributed by atoms with van der Waals surface area (Å²) in [6.45, 7) is 1.44. The summed E-state index contributed by atoms with van der Waals surface area (Å²) in [6, 6.07) is 2.62. The normalized spacial score (nSPS) is 11.1. The highest BCUT2D eigenvalue weighted by Crippen LogP contribution is 2.21. The quantitative estimate of drug-likeness (QED) is 0.657. The summed E-state index contributed by atoms with van der Waals surface area (Å²) in [7, 11) is 0. The van der Waals surface area contributed by atoms with E-state index in [1.807, 2.05) is 0 Å². The fourth-order valence-corrected chi connectivity index (χ4v) is 0.735. The second kappa shape index (κ2) is 3.65. The van der Waals surface area contributed by atoms with Gasteiger partial charge in [0.1, 0.15) is 0 Å². The summed E-state index contributed by atoms with van der Waals surface area (Å²) in [5.74, 6) is -2.43. The van der Waals surface area contributed by atoms with Crippen molar-refractivity contribution >= 4 is 5.97 Å². The Kier molecular flexibility index (Phi) is 2.73. The van der Waals surface area contributed by atoms with Gasteiger partial charge in [-0.15, -0.1) is 0 Å². The van der Waals surface area contributed by atoms with Gasteiger partial charge in [-0.1, -0.05) is 0 Å². The third-order valence-corrected chi connectivity index (χ3v) is 1.39. The van der Waals surface area contributed by atoms with Crippen molar-refractivity contribution in [2.24, 2.45) is 0 Å². The molecule has 1 aromatic rings. The molecule has 0 aromatic carbocycles.